The summed E-state index contributed by atoms with van der Waals surface area (Å²) >= 11 is 12.4. The number of nitrogens with zero attached hydrogens (tertiary/aromatic N) is 5. The highest BCUT2D eigenvalue weighted by Crippen LogP contribution is 2.26. The van der Waals surface area contributed by atoms with E-state index >= 15 is 0 Å². The normalized spacial score (nSPS) is 17.4. The molecule has 1 atom stereocenters. The number of rotatable bonds is 6. The first kappa shape index (κ1) is 22.8. The number of hydrogen-bond donors (Lipinski definition) is 1. The van der Waals surface area contributed by atoms with E-state index < -0.39 is 15.9 Å². The number of benzene rings is 1. The summed E-state index contributed by atoms with van der Waals surface area (Å²) in [5, 5.41) is 12.2. The summed E-state index contributed by atoms with van der Waals surface area (Å²) in [6.45, 7) is 0.835. The van der Waals surface area contributed by atoms with Crippen LogP contribution < -0.4 is 5.32 Å². The Balaban J connectivity index is 1.41. The molecule has 1 N–H and O–H groups in total. The summed E-state index contributed by atoms with van der Waals surface area (Å²) in [5.74, 6) is -0.360. The topological polar surface area (TPSA) is 102 Å². The summed E-state index contributed by atoms with van der Waals surface area (Å²) < 4.78 is 30.1. The van der Waals surface area contributed by atoms with Gasteiger partial charge < -0.3 is 5.32 Å². The molecule has 12 heteroatoms. The maximum absolute atomic E-state index is 12.9. The Kier molecular flexibility index (Phi) is 6.57. The van der Waals surface area contributed by atoms with E-state index in [0.717, 1.165) is 5.56 Å². The molecule has 1 aromatic carbocycles. The van der Waals surface area contributed by atoms with Crippen LogP contribution in [0.2, 0.25) is 10.0 Å². The average molecular weight is 497 g/mol. The lowest BCUT2D eigenvalue weighted by Crippen LogP contribution is -2.43. The minimum atomic E-state index is -3.69. The fraction of sp³-hybridized carbons (Fsp3) is 0.350. The molecule has 4 rings (SSSR count). The third kappa shape index (κ3) is 4.83. The second-order valence-corrected chi connectivity index (χ2v) is 10.4. The Morgan fingerprint density at radius 1 is 1.25 bits per heavy atom. The van der Waals surface area contributed by atoms with Crippen molar-refractivity contribution in [3.8, 4) is 0 Å². The number of aryl methyl sites for hydroxylation is 1. The third-order valence-electron chi connectivity index (χ3n) is 5.35. The van der Waals surface area contributed by atoms with Crippen LogP contribution in [0.5, 0.6) is 0 Å². The van der Waals surface area contributed by atoms with Gasteiger partial charge in [-0.2, -0.15) is 14.5 Å². The second kappa shape index (κ2) is 9.22. The first-order chi connectivity index (χ1) is 15.2. The molecule has 9 nitrogen and oxygen atoms in total. The van der Waals surface area contributed by atoms with Crippen LogP contribution in [0.3, 0.4) is 0 Å². The quantitative estimate of drug-likeness (QED) is 0.564. The number of nitrogens with one attached hydrogen (secondary N) is 1. The fourth-order valence-electron chi connectivity index (χ4n) is 3.65. The van der Waals surface area contributed by atoms with Crippen molar-refractivity contribution in [1.82, 2.24) is 23.9 Å². The van der Waals surface area contributed by atoms with Gasteiger partial charge in [0.15, 0.2) is 5.82 Å². The third-order valence-corrected chi connectivity index (χ3v) is 7.87. The molecule has 1 fully saturated rings. The van der Waals surface area contributed by atoms with Gasteiger partial charge in [-0.3, -0.25) is 14.2 Å². The van der Waals surface area contributed by atoms with Gasteiger partial charge in [0, 0.05) is 54.2 Å². The number of carbonyl (C=O) groups is 1. The van der Waals surface area contributed by atoms with Gasteiger partial charge in [0.1, 0.15) is 4.90 Å². The molecule has 0 bridgehead atoms. The minimum absolute atomic E-state index is 0.110. The van der Waals surface area contributed by atoms with Gasteiger partial charge in [-0.1, -0.05) is 29.3 Å². The van der Waals surface area contributed by atoms with E-state index in [9.17, 15) is 13.2 Å². The Morgan fingerprint density at radius 2 is 2.00 bits per heavy atom. The highest BCUT2D eigenvalue weighted by Gasteiger charge is 2.34. The van der Waals surface area contributed by atoms with Gasteiger partial charge in [-0.25, -0.2) is 8.42 Å². The van der Waals surface area contributed by atoms with Crippen molar-refractivity contribution >= 4 is 45.0 Å². The smallest absolute Gasteiger partial charge is 0.246 e. The number of carbonyl (C=O) groups excluding carboxylic acids is 1. The van der Waals surface area contributed by atoms with Crippen molar-refractivity contribution in [1.29, 1.82) is 0 Å². The standard InChI is InChI=1S/C20H22Cl2N6O3S/c1-26-12-15(10-23-26)32(30,31)28-8-3-4-14(11-28)20(29)24-19-7-9-27(25-19)13-16-17(21)5-2-6-18(16)22/h2,5-7,9-10,12,14H,3-4,8,11,13H2,1H3,(H,24,25,29)/t14-/m0/s1. The monoisotopic (exact) mass is 496 g/mol. The summed E-state index contributed by atoms with van der Waals surface area (Å²) in [6, 6.07) is 6.95. The zero-order chi connectivity index (χ0) is 22.9. The van der Waals surface area contributed by atoms with Gasteiger partial charge in [-0.05, 0) is 25.0 Å². The lowest BCUT2D eigenvalue weighted by atomic mass is 9.99. The Bertz CT molecular complexity index is 1220. The van der Waals surface area contributed by atoms with Crippen LogP contribution in [0.25, 0.3) is 0 Å². The van der Waals surface area contributed by atoms with Crippen LogP contribution in [0.15, 0.2) is 47.8 Å². The highest BCUT2D eigenvalue weighted by molar-refractivity contribution is 7.89. The Hall–Kier alpha value is -2.40. The molecule has 1 aliphatic heterocycles. The molecule has 32 heavy (non-hydrogen) atoms. The van der Waals surface area contributed by atoms with E-state index in [0.29, 0.717) is 41.8 Å². The molecule has 1 amide bonds. The van der Waals surface area contributed by atoms with E-state index in [1.54, 1.807) is 42.2 Å². The first-order valence-electron chi connectivity index (χ1n) is 10.00. The van der Waals surface area contributed by atoms with Crippen LogP contribution in [-0.4, -0.2) is 51.3 Å². The summed E-state index contributed by atoms with van der Waals surface area (Å²) in [5.41, 5.74) is 0.736. The fourth-order valence-corrected chi connectivity index (χ4v) is 5.67. The molecule has 0 spiro atoms. The molecule has 0 saturated carbocycles. The molecular formula is C20H22Cl2N6O3S. The molecule has 2 aromatic heterocycles. The summed E-state index contributed by atoms with van der Waals surface area (Å²) in [6.07, 6.45) is 5.68. The van der Waals surface area contributed by atoms with Gasteiger partial charge in [0.05, 0.1) is 18.7 Å². The minimum Gasteiger partial charge on any atom is -0.309 e. The maximum Gasteiger partial charge on any atom is 0.246 e. The van der Waals surface area contributed by atoms with E-state index in [2.05, 4.69) is 15.5 Å². The lowest BCUT2D eigenvalue weighted by Gasteiger charge is -2.30. The predicted molar refractivity (Wildman–Crippen MR) is 121 cm³/mol. The van der Waals surface area contributed by atoms with E-state index in [1.807, 2.05) is 0 Å². The highest BCUT2D eigenvalue weighted by atomic mass is 35.5. The van der Waals surface area contributed by atoms with Crippen LogP contribution in [0.1, 0.15) is 18.4 Å². The van der Waals surface area contributed by atoms with Crippen LogP contribution >= 0.6 is 23.2 Å². The SMILES string of the molecule is Cn1cc(S(=O)(=O)N2CCC[C@H](C(=O)Nc3ccn(Cc4c(Cl)cccc4Cl)n3)C2)cn1. The molecule has 0 aliphatic carbocycles. The number of amides is 1. The maximum atomic E-state index is 12.9. The van der Waals surface area contributed by atoms with Crippen molar-refractivity contribution in [2.75, 3.05) is 18.4 Å². The number of halogens is 2. The summed E-state index contributed by atoms with van der Waals surface area (Å²) in [7, 11) is -2.04. The molecule has 0 unspecified atom stereocenters. The van der Waals surface area contributed by atoms with Gasteiger partial charge in [0.2, 0.25) is 15.9 Å². The number of hydrogen-bond acceptors (Lipinski definition) is 5. The van der Waals surface area contributed by atoms with Crippen LogP contribution in [0.4, 0.5) is 5.82 Å². The zero-order valence-corrected chi connectivity index (χ0v) is 19.6. The molecule has 1 saturated heterocycles. The average Bonchev–Trinajstić information content (AvgIpc) is 3.40. The van der Waals surface area contributed by atoms with Crippen LogP contribution in [-0.2, 0) is 28.4 Å². The number of aromatic nitrogens is 4. The largest absolute Gasteiger partial charge is 0.309 e. The predicted octanol–water partition coefficient (Wildman–Crippen LogP) is 3.01. The van der Waals surface area contributed by atoms with Gasteiger partial charge >= 0.3 is 0 Å². The van der Waals surface area contributed by atoms with Crippen molar-refractivity contribution in [3.05, 3.63) is 58.5 Å². The number of anilines is 1. The van der Waals surface area contributed by atoms with Crippen molar-refractivity contribution in [2.24, 2.45) is 13.0 Å². The zero-order valence-electron chi connectivity index (χ0n) is 17.3. The molecule has 3 aromatic rings. The molecule has 0 radical (unpaired) electrons. The summed E-state index contributed by atoms with van der Waals surface area (Å²) in [4.78, 5) is 12.9. The van der Waals surface area contributed by atoms with Gasteiger partial charge in [-0.15, -0.1) is 0 Å². The van der Waals surface area contributed by atoms with Crippen molar-refractivity contribution in [2.45, 2.75) is 24.3 Å². The van der Waals surface area contributed by atoms with Gasteiger partial charge in [0.25, 0.3) is 0 Å². The van der Waals surface area contributed by atoms with E-state index in [1.165, 1.54) is 21.4 Å². The van der Waals surface area contributed by atoms with Crippen molar-refractivity contribution < 1.29 is 13.2 Å². The Labute approximate surface area is 196 Å². The molecule has 1 aliphatic rings. The van der Waals surface area contributed by atoms with E-state index in [4.69, 9.17) is 23.2 Å². The van der Waals surface area contributed by atoms with Crippen molar-refractivity contribution in [3.63, 3.8) is 0 Å². The molecule has 170 valence electrons. The van der Waals surface area contributed by atoms with E-state index in [-0.39, 0.29) is 17.3 Å². The lowest BCUT2D eigenvalue weighted by molar-refractivity contribution is -0.120. The first-order valence-corrected chi connectivity index (χ1v) is 12.2. The molecular weight excluding hydrogens is 475 g/mol. The molecule has 3 heterocycles. The number of sulfonamides is 1. The second-order valence-electron chi connectivity index (χ2n) is 7.64. The van der Waals surface area contributed by atoms with Crippen LogP contribution in [0, 0.1) is 5.92 Å². The number of piperidine rings is 1. The Morgan fingerprint density at radius 3 is 2.69 bits per heavy atom.